The van der Waals surface area contributed by atoms with E-state index in [0.717, 1.165) is 17.7 Å². The largest absolute Gasteiger partial charge is 0.492 e. The highest BCUT2D eigenvalue weighted by Gasteiger charge is 2.56. The SMILES string of the molecule is CCOc1ccccc1NC(=O)COC(=O)CN1C(=O)N[C@@](C)(C2CC2)C1=O. The predicted octanol–water partition coefficient (Wildman–Crippen LogP) is 1.29. The number of benzene rings is 1. The van der Waals surface area contributed by atoms with Crippen LogP contribution < -0.4 is 15.4 Å². The van der Waals surface area contributed by atoms with Crippen LogP contribution in [0.3, 0.4) is 0 Å². The number of nitrogens with one attached hydrogen (secondary N) is 2. The molecule has 1 aromatic rings. The molecule has 28 heavy (non-hydrogen) atoms. The quantitative estimate of drug-likeness (QED) is 0.512. The van der Waals surface area contributed by atoms with E-state index < -0.39 is 42.5 Å². The van der Waals surface area contributed by atoms with Gasteiger partial charge in [0.2, 0.25) is 0 Å². The van der Waals surface area contributed by atoms with Gasteiger partial charge in [-0.05, 0) is 44.7 Å². The van der Waals surface area contributed by atoms with Gasteiger partial charge in [0.15, 0.2) is 6.61 Å². The summed E-state index contributed by atoms with van der Waals surface area (Å²) in [7, 11) is 0. The molecule has 1 aliphatic heterocycles. The van der Waals surface area contributed by atoms with Gasteiger partial charge in [-0.25, -0.2) is 4.79 Å². The van der Waals surface area contributed by atoms with Crippen molar-refractivity contribution in [3.63, 3.8) is 0 Å². The minimum absolute atomic E-state index is 0.0983. The number of carbonyl (C=O) groups is 4. The molecule has 0 unspecified atom stereocenters. The molecule has 4 amide bonds. The normalized spacial score (nSPS) is 21.3. The lowest BCUT2D eigenvalue weighted by Crippen LogP contribution is -2.46. The average Bonchev–Trinajstić information content (AvgIpc) is 3.48. The molecular weight excluding hydrogens is 366 g/mol. The third-order valence-electron chi connectivity index (χ3n) is 4.81. The Kier molecular flexibility index (Phi) is 5.53. The van der Waals surface area contributed by atoms with Crippen LogP contribution in [0, 0.1) is 5.92 Å². The van der Waals surface area contributed by atoms with Gasteiger partial charge in [0.05, 0.1) is 12.3 Å². The van der Waals surface area contributed by atoms with Gasteiger partial charge in [-0.1, -0.05) is 12.1 Å². The maximum atomic E-state index is 12.5. The van der Waals surface area contributed by atoms with Gasteiger partial charge in [-0.15, -0.1) is 0 Å². The maximum absolute atomic E-state index is 12.5. The Morgan fingerprint density at radius 2 is 2.00 bits per heavy atom. The molecular formula is C19H23N3O6. The molecule has 2 aliphatic rings. The van der Waals surface area contributed by atoms with Gasteiger partial charge in [0.1, 0.15) is 17.8 Å². The van der Waals surface area contributed by atoms with Gasteiger partial charge in [-0.3, -0.25) is 19.3 Å². The molecule has 0 aromatic heterocycles. The van der Waals surface area contributed by atoms with E-state index in [-0.39, 0.29) is 5.92 Å². The third kappa shape index (κ3) is 4.08. The number of ether oxygens (including phenoxy) is 2. The number of hydrogen-bond donors (Lipinski definition) is 2. The van der Waals surface area contributed by atoms with Crippen LogP contribution in [0.1, 0.15) is 26.7 Å². The molecule has 0 spiro atoms. The second-order valence-corrected chi connectivity index (χ2v) is 6.94. The summed E-state index contributed by atoms with van der Waals surface area (Å²) in [6, 6.07) is 6.26. The molecule has 2 N–H and O–H groups in total. The number of para-hydroxylation sites is 2. The van der Waals surface area contributed by atoms with Crippen molar-refractivity contribution >= 4 is 29.5 Å². The summed E-state index contributed by atoms with van der Waals surface area (Å²) < 4.78 is 10.3. The number of amides is 4. The van der Waals surface area contributed by atoms with Gasteiger partial charge in [0, 0.05) is 0 Å². The monoisotopic (exact) mass is 389 g/mol. The molecule has 1 saturated carbocycles. The molecule has 9 heteroatoms. The van der Waals surface area contributed by atoms with Crippen molar-refractivity contribution in [3.05, 3.63) is 24.3 Å². The number of esters is 1. The van der Waals surface area contributed by atoms with Crippen molar-refractivity contribution < 1.29 is 28.7 Å². The first kappa shape index (κ1) is 19.7. The summed E-state index contributed by atoms with van der Waals surface area (Å²) in [5, 5.41) is 5.25. The minimum atomic E-state index is -0.961. The second kappa shape index (κ2) is 7.87. The van der Waals surface area contributed by atoms with Crippen LogP contribution >= 0.6 is 0 Å². The Morgan fingerprint density at radius 3 is 2.68 bits per heavy atom. The van der Waals surface area contributed by atoms with Crippen LogP contribution in [-0.4, -0.2) is 54.0 Å². The predicted molar refractivity (Wildman–Crippen MR) is 98.6 cm³/mol. The fourth-order valence-electron chi connectivity index (χ4n) is 3.15. The van der Waals surface area contributed by atoms with Gasteiger partial charge >= 0.3 is 12.0 Å². The van der Waals surface area contributed by atoms with Crippen molar-refractivity contribution in [3.8, 4) is 5.75 Å². The zero-order valence-electron chi connectivity index (χ0n) is 15.8. The van der Waals surface area contributed by atoms with Crippen molar-refractivity contribution in [2.75, 3.05) is 25.1 Å². The number of carbonyl (C=O) groups excluding carboxylic acids is 4. The first-order valence-electron chi connectivity index (χ1n) is 9.16. The molecule has 0 bridgehead atoms. The van der Waals surface area contributed by atoms with Crippen LogP contribution in [0.2, 0.25) is 0 Å². The summed E-state index contributed by atoms with van der Waals surface area (Å²) in [4.78, 5) is 49.4. The number of rotatable bonds is 8. The first-order valence-corrected chi connectivity index (χ1v) is 9.16. The van der Waals surface area contributed by atoms with Crippen molar-refractivity contribution in [2.45, 2.75) is 32.2 Å². The second-order valence-electron chi connectivity index (χ2n) is 6.94. The molecule has 2 fully saturated rings. The van der Waals surface area contributed by atoms with Crippen LogP contribution in [0.25, 0.3) is 0 Å². The molecule has 150 valence electrons. The Hall–Kier alpha value is -3.10. The lowest BCUT2D eigenvalue weighted by molar-refractivity contribution is -0.150. The highest BCUT2D eigenvalue weighted by atomic mass is 16.5. The Morgan fingerprint density at radius 1 is 1.29 bits per heavy atom. The molecule has 3 rings (SSSR count). The number of urea groups is 1. The number of nitrogens with zero attached hydrogens (tertiary/aromatic N) is 1. The molecule has 1 aliphatic carbocycles. The third-order valence-corrected chi connectivity index (χ3v) is 4.81. The Bertz CT molecular complexity index is 807. The van der Waals surface area contributed by atoms with E-state index in [1.807, 2.05) is 6.92 Å². The summed E-state index contributed by atoms with van der Waals surface area (Å²) in [5.74, 6) is -1.23. The zero-order valence-corrected chi connectivity index (χ0v) is 15.8. The van der Waals surface area contributed by atoms with E-state index in [4.69, 9.17) is 9.47 Å². The van der Waals surface area contributed by atoms with Crippen LogP contribution in [0.5, 0.6) is 5.75 Å². The summed E-state index contributed by atoms with van der Waals surface area (Å²) in [5.41, 5.74) is -0.503. The average molecular weight is 389 g/mol. The van der Waals surface area contributed by atoms with Crippen molar-refractivity contribution in [1.82, 2.24) is 10.2 Å². The number of anilines is 1. The summed E-state index contributed by atoms with van der Waals surface area (Å²) in [6.07, 6.45) is 1.73. The molecule has 1 heterocycles. The van der Waals surface area contributed by atoms with Gasteiger partial charge in [0.25, 0.3) is 11.8 Å². The fourth-order valence-corrected chi connectivity index (χ4v) is 3.15. The Balaban J connectivity index is 1.50. The molecule has 1 atom stereocenters. The zero-order chi connectivity index (χ0) is 20.3. The van der Waals surface area contributed by atoms with E-state index in [1.165, 1.54) is 0 Å². The fraction of sp³-hybridized carbons (Fsp3) is 0.474. The highest BCUT2D eigenvalue weighted by molar-refractivity contribution is 6.09. The van der Waals surface area contributed by atoms with E-state index in [2.05, 4.69) is 10.6 Å². The standard InChI is InChI=1S/C19H23N3O6/c1-3-27-14-7-5-4-6-13(14)20-15(23)11-28-16(24)10-22-17(25)19(2,12-8-9-12)21-18(22)26/h4-7,12H,3,8-11H2,1-2H3,(H,20,23)(H,21,26)/t19-/m0/s1. The van der Waals surface area contributed by atoms with Crippen molar-refractivity contribution in [2.24, 2.45) is 5.92 Å². The van der Waals surface area contributed by atoms with E-state index >= 15 is 0 Å². The molecule has 1 aromatic carbocycles. The number of imide groups is 1. The van der Waals surface area contributed by atoms with Crippen LogP contribution in [0.15, 0.2) is 24.3 Å². The molecule has 1 saturated heterocycles. The molecule has 9 nitrogen and oxygen atoms in total. The minimum Gasteiger partial charge on any atom is -0.492 e. The lowest BCUT2D eigenvalue weighted by Gasteiger charge is -2.20. The summed E-state index contributed by atoms with van der Waals surface area (Å²) in [6.45, 7) is 2.86. The summed E-state index contributed by atoms with van der Waals surface area (Å²) >= 11 is 0. The van der Waals surface area contributed by atoms with E-state index in [9.17, 15) is 19.2 Å². The maximum Gasteiger partial charge on any atom is 0.326 e. The van der Waals surface area contributed by atoms with E-state index in [1.54, 1.807) is 31.2 Å². The first-order chi connectivity index (χ1) is 13.3. The van der Waals surface area contributed by atoms with Crippen molar-refractivity contribution in [1.29, 1.82) is 0 Å². The van der Waals surface area contributed by atoms with E-state index in [0.29, 0.717) is 18.0 Å². The number of hydrogen-bond acceptors (Lipinski definition) is 6. The van der Waals surface area contributed by atoms with Gasteiger partial charge in [-0.2, -0.15) is 0 Å². The lowest BCUT2D eigenvalue weighted by atomic mass is 9.96. The highest BCUT2D eigenvalue weighted by Crippen LogP contribution is 2.42. The van der Waals surface area contributed by atoms with Crippen LogP contribution in [0.4, 0.5) is 10.5 Å². The smallest absolute Gasteiger partial charge is 0.326 e. The van der Waals surface area contributed by atoms with Crippen LogP contribution in [-0.2, 0) is 19.1 Å². The topological polar surface area (TPSA) is 114 Å². The molecule has 0 radical (unpaired) electrons. The van der Waals surface area contributed by atoms with Gasteiger partial charge < -0.3 is 20.1 Å². The Labute approximate surface area is 162 Å².